The minimum atomic E-state index is -1.83. The van der Waals surface area contributed by atoms with Crippen molar-refractivity contribution in [3.8, 4) is 0 Å². The van der Waals surface area contributed by atoms with E-state index in [-0.39, 0.29) is 25.2 Å². The summed E-state index contributed by atoms with van der Waals surface area (Å²) in [7, 11) is 2.55. The van der Waals surface area contributed by atoms with Gasteiger partial charge in [0.05, 0.1) is 49.6 Å². The van der Waals surface area contributed by atoms with E-state index in [1.807, 2.05) is 0 Å². The van der Waals surface area contributed by atoms with Gasteiger partial charge in [-0.15, -0.1) is 0 Å². The van der Waals surface area contributed by atoms with Gasteiger partial charge in [0.1, 0.15) is 67.1 Å². The Labute approximate surface area is 331 Å². The number of amides is 1. The van der Waals surface area contributed by atoms with Crippen LogP contribution < -0.4 is 5.32 Å². The third kappa shape index (κ3) is 12.0. The Hall–Kier alpha value is -1.74. The summed E-state index contributed by atoms with van der Waals surface area (Å²) in [6, 6.07) is -1.05. The molecule has 21 nitrogen and oxygen atoms in total. The largest absolute Gasteiger partial charge is 0.469 e. The number of ether oxygens (including phenoxy) is 9. The molecule has 4 aliphatic rings. The van der Waals surface area contributed by atoms with Crippen LogP contribution in [-0.2, 0) is 52.2 Å². The third-order valence-electron chi connectivity index (χ3n) is 10.7. The first-order valence-corrected chi connectivity index (χ1v) is 19.3. The van der Waals surface area contributed by atoms with Crippen LogP contribution in [0.15, 0.2) is 0 Å². The van der Waals surface area contributed by atoms with Gasteiger partial charge in [0, 0.05) is 13.5 Å². The highest BCUT2D eigenvalue weighted by Gasteiger charge is 2.55. The summed E-state index contributed by atoms with van der Waals surface area (Å²) in [6.45, 7) is 7.22. The summed E-state index contributed by atoms with van der Waals surface area (Å²) in [5.41, 5.74) is -1.36. The van der Waals surface area contributed by atoms with Crippen LogP contribution in [0.5, 0.6) is 0 Å². The fourth-order valence-electron chi connectivity index (χ4n) is 7.41. The Morgan fingerprint density at radius 3 is 1.60 bits per heavy atom. The molecule has 20 atom stereocenters. The molecule has 10 N–H and O–H groups in total. The number of methoxy groups -OCH3 is 2. The highest BCUT2D eigenvalue weighted by Crippen LogP contribution is 2.35. The first-order valence-electron chi connectivity index (χ1n) is 19.3. The number of carbonyl (C=O) groups is 2. The lowest BCUT2D eigenvalue weighted by Gasteiger charge is -2.49. The van der Waals surface area contributed by atoms with Crippen molar-refractivity contribution in [2.24, 2.45) is 0 Å². The van der Waals surface area contributed by atoms with Gasteiger partial charge in [-0.25, -0.2) is 0 Å². The summed E-state index contributed by atoms with van der Waals surface area (Å²) in [5.74, 6) is -0.943. The third-order valence-corrected chi connectivity index (χ3v) is 10.7. The van der Waals surface area contributed by atoms with Crippen LogP contribution in [0, 0.1) is 0 Å². The van der Waals surface area contributed by atoms with Crippen molar-refractivity contribution in [1.29, 1.82) is 0 Å². The SMILES string of the molecule is COC(=O)CCCCCC1O[C@H](O[C@@H]2[C@@H](O)[C@H](C)O[C@H](O[C@@H]3[C@@H](O)[C@H](C)O[C@H](O[C@@H]4[C@@H](O)[C@H](C)O[C@H](O)[C@@H]4O)[C@@H]3O)[C@@H]2O)[C@H](OC)[C@@H](O)[C@@H]1NC(=O)CC(C)(C)O. The van der Waals surface area contributed by atoms with E-state index >= 15 is 0 Å². The van der Waals surface area contributed by atoms with Crippen LogP contribution in [0.25, 0.3) is 0 Å². The molecule has 21 heteroatoms. The maximum atomic E-state index is 12.9. The molecule has 4 fully saturated rings. The van der Waals surface area contributed by atoms with E-state index < -0.39 is 134 Å². The Kier molecular flexibility index (Phi) is 17.4. The Balaban J connectivity index is 1.51. The second-order valence-corrected chi connectivity index (χ2v) is 15.9. The molecule has 4 aliphatic heterocycles. The topological polar surface area (TPSA) is 311 Å². The standard InChI is InChI=1S/C36H63NO20/c1-14-21(40)28(25(44)32(47)51-14)55-33-26(45)29(22(41)15(2)52-33)56-34-27(46)30(23(42)16(3)53-34)57-35-31(50-7)24(43)20(37-18(38)13-36(4,5)48)17(54-35)11-9-8-10-12-19(39)49-6/h14-17,20-35,40-48H,8-13H2,1-7H3,(H,37,38)/t14-,15-,16-,17?,20+,21-,22-,23-,24-,25+,26+,27+,28+,29+,30+,31+,32-,33+,34+,35+/m0/s1. The molecular formula is C36H63NO20. The number of unbranched alkanes of at least 4 members (excludes halogenated alkanes) is 2. The molecule has 0 radical (unpaired) electrons. The smallest absolute Gasteiger partial charge is 0.305 e. The minimum Gasteiger partial charge on any atom is -0.469 e. The lowest BCUT2D eigenvalue weighted by atomic mass is 9.91. The molecule has 57 heavy (non-hydrogen) atoms. The highest BCUT2D eigenvalue weighted by molar-refractivity contribution is 5.77. The number of aliphatic hydroxyl groups is 9. The van der Waals surface area contributed by atoms with Gasteiger partial charge in [0.2, 0.25) is 5.91 Å². The molecule has 1 unspecified atom stereocenters. The van der Waals surface area contributed by atoms with E-state index in [1.165, 1.54) is 48.8 Å². The highest BCUT2D eigenvalue weighted by atomic mass is 16.8. The number of hydrogen-bond donors (Lipinski definition) is 10. The minimum absolute atomic E-state index is 0.189. The molecule has 0 aromatic rings. The van der Waals surface area contributed by atoms with Gasteiger partial charge in [-0.1, -0.05) is 12.8 Å². The van der Waals surface area contributed by atoms with E-state index in [1.54, 1.807) is 0 Å². The van der Waals surface area contributed by atoms with Crippen molar-refractivity contribution in [2.75, 3.05) is 14.2 Å². The first kappa shape index (κ1) is 47.9. The Morgan fingerprint density at radius 2 is 1.11 bits per heavy atom. The van der Waals surface area contributed by atoms with Crippen molar-refractivity contribution >= 4 is 11.9 Å². The van der Waals surface area contributed by atoms with Crippen LogP contribution in [0.1, 0.15) is 73.1 Å². The van der Waals surface area contributed by atoms with Gasteiger partial charge in [0.15, 0.2) is 25.2 Å². The molecule has 0 aliphatic carbocycles. The van der Waals surface area contributed by atoms with Crippen LogP contribution in [0.3, 0.4) is 0 Å². The van der Waals surface area contributed by atoms with Gasteiger partial charge in [-0.3, -0.25) is 9.59 Å². The molecular weight excluding hydrogens is 766 g/mol. The molecule has 0 aromatic carbocycles. The van der Waals surface area contributed by atoms with E-state index in [2.05, 4.69) is 5.32 Å². The molecule has 4 rings (SSSR count). The first-order chi connectivity index (χ1) is 26.7. The molecule has 1 amide bonds. The Bertz CT molecular complexity index is 1260. The second-order valence-electron chi connectivity index (χ2n) is 15.9. The van der Waals surface area contributed by atoms with E-state index in [0.29, 0.717) is 19.3 Å². The lowest BCUT2D eigenvalue weighted by Crippen LogP contribution is -2.68. The van der Waals surface area contributed by atoms with Gasteiger partial charge in [-0.2, -0.15) is 0 Å². The van der Waals surface area contributed by atoms with Crippen molar-refractivity contribution in [3.05, 3.63) is 0 Å². The van der Waals surface area contributed by atoms with Gasteiger partial charge < -0.3 is 93.9 Å². The normalized spacial score (nSPS) is 44.4. The molecule has 4 saturated heterocycles. The van der Waals surface area contributed by atoms with Crippen molar-refractivity contribution in [3.63, 3.8) is 0 Å². The number of nitrogens with one attached hydrogen (secondary N) is 1. The van der Waals surface area contributed by atoms with E-state index in [4.69, 9.17) is 42.6 Å². The van der Waals surface area contributed by atoms with Crippen molar-refractivity contribution in [1.82, 2.24) is 5.32 Å². The summed E-state index contributed by atoms with van der Waals surface area (Å²) >= 11 is 0. The molecule has 332 valence electrons. The predicted molar refractivity (Wildman–Crippen MR) is 189 cm³/mol. The summed E-state index contributed by atoms with van der Waals surface area (Å²) < 4.78 is 50.8. The van der Waals surface area contributed by atoms with E-state index in [0.717, 1.165) is 0 Å². The van der Waals surface area contributed by atoms with Gasteiger partial charge in [-0.05, 0) is 47.5 Å². The molecule has 4 heterocycles. The quantitative estimate of drug-likeness (QED) is 0.0531. The lowest BCUT2D eigenvalue weighted by molar-refractivity contribution is -0.383. The zero-order chi connectivity index (χ0) is 42.5. The number of carbonyl (C=O) groups excluding carboxylic acids is 2. The number of aliphatic hydroxyl groups excluding tert-OH is 8. The summed E-state index contributed by atoms with van der Waals surface area (Å²) in [4.78, 5) is 24.5. The predicted octanol–water partition coefficient (Wildman–Crippen LogP) is -3.60. The Morgan fingerprint density at radius 1 is 0.614 bits per heavy atom. The zero-order valence-electron chi connectivity index (χ0n) is 33.3. The number of hydrogen-bond acceptors (Lipinski definition) is 20. The monoisotopic (exact) mass is 829 g/mol. The van der Waals surface area contributed by atoms with Crippen LogP contribution in [0.2, 0.25) is 0 Å². The summed E-state index contributed by atoms with van der Waals surface area (Å²) in [5, 5.41) is 101. The maximum Gasteiger partial charge on any atom is 0.305 e. The fourth-order valence-corrected chi connectivity index (χ4v) is 7.41. The van der Waals surface area contributed by atoms with Gasteiger partial charge >= 0.3 is 5.97 Å². The average molecular weight is 830 g/mol. The zero-order valence-corrected chi connectivity index (χ0v) is 33.3. The van der Waals surface area contributed by atoms with Gasteiger partial charge in [0.25, 0.3) is 0 Å². The molecule has 0 bridgehead atoms. The van der Waals surface area contributed by atoms with Crippen LogP contribution >= 0.6 is 0 Å². The van der Waals surface area contributed by atoms with Crippen LogP contribution in [-0.4, -0.2) is 200 Å². The summed E-state index contributed by atoms with van der Waals surface area (Å²) in [6.07, 6.45) is -26.1. The maximum absolute atomic E-state index is 12.9. The molecule has 0 saturated carbocycles. The van der Waals surface area contributed by atoms with Crippen LogP contribution in [0.4, 0.5) is 0 Å². The second kappa shape index (κ2) is 20.7. The molecule has 0 aromatic heterocycles. The number of esters is 1. The van der Waals surface area contributed by atoms with E-state index in [9.17, 15) is 55.5 Å². The molecule has 0 spiro atoms. The fraction of sp³-hybridized carbons (Fsp3) is 0.944. The average Bonchev–Trinajstić information content (AvgIpc) is 3.13. The van der Waals surface area contributed by atoms with Crippen molar-refractivity contribution in [2.45, 2.75) is 202 Å². The van der Waals surface area contributed by atoms with Crippen molar-refractivity contribution < 1.29 is 98.2 Å². The number of rotatable bonds is 16.